The monoisotopic (exact) mass is 282 g/mol. The van der Waals surface area contributed by atoms with E-state index in [-0.39, 0.29) is 4.58 Å². The van der Waals surface area contributed by atoms with E-state index in [4.69, 9.17) is 0 Å². The molecule has 1 rings (SSSR count). The normalized spacial score (nSPS) is 10.4. The second-order valence-corrected chi connectivity index (χ2v) is 4.61. The molecule has 0 nitrogen and oxygen atoms in total. The molecular weight excluding hydrogens is 275 g/mol. The van der Waals surface area contributed by atoms with Crippen LogP contribution in [-0.2, 0) is 0 Å². The van der Waals surface area contributed by atoms with Crippen LogP contribution in [0, 0.1) is 3.57 Å². The Balaban J connectivity index is 2.89. The summed E-state index contributed by atoms with van der Waals surface area (Å²) < 4.78 is 1.28. The number of hydrogen-bond donors (Lipinski definition) is 2. The maximum Gasteiger partial charge on any atom is 0.0692 e. The fraction of sp³-hybridized carbons (Fsp3) is 0.143. The predicted molar refractivity (Wildman–Crippen MR) is 59.9 cm³/mol. The zero-order chi connectivity index (χ0) is 7.56. The van der Waals surface area contributed by atoms with Crippen LogP contribution in [0.25, 0.3) is 0 Å². The summed E-state index contributed by atoms with van der Waals surface area (Å²) in [5.41, 5.74) is 1.15. The van der Waals surface area contributed by atoms with Crippen molar-refractivity contribution in [1.29, 1.82) is 0 Å². The highest BCUT2D eigenvalue weighted by atomic mass is 127. The van der Waals surface area contributed by atoms with E-state index in [1.165, 1.54) is 3.57 Å². The summed E-state index contributed by atoms with van der Waals surface area (Å²) in [7, 11) is 0. The predicted octanol–water partition coefficient (Wildman–Crippen LogP) is 3.15. The van der Waals surface area contributed by atoms with E-state index in [0.717, 1.165) is 5.56 Å². The van der Waals surface area contributed by atoms with E-state index < -0.39 is 0 Å². The van der Waals surface area contributed by atoms with Crippen molar-refractivity contribution >= 4 is 47.8 Å². The molecule has 0 heterocycles. The quantitative estimate of drug-likeness (QED) is 0.441. The number of rotatable bonds is 1. The van der Waals surface area contributed by atoms with Crippen molar-refractivity contribution in [1.82, 2.24) is 0 Å². The molecule has 0 atom stereocenters. The summed E-state index contributed by atoms with van der Waals surface area (Å²) in [5.74, 6) is 0. The minimum atomic E-state index is 0.0389. The van der Waals surface area contributed by atoms with E-state index in [1.54, 1.807) is 0 Å². The van der Waals surface area contributed by atoms with Crippen LogP contribution in [0.1, 0.15) is 10.1 Å². The number of halogens is 1. The maximum absolute atomic E-state index is 4.18. The largest absolute Gasteiger partial charge is 0.160 e. The molecule has 0 aliphatic heterocycles. The smallest absolute Gasteiger partial charge is 0.0692 e. The summed E-state index contributed by atoms with van der Waals surface area (Å²) in [6, 6.07) is 8.17. The highest BCUT2D eigenvalue weighted by Crippen LogP contribution is 2.23. The minimum Gasteiger partial charge on any atom is -0.160 e. The van der Waals surface area contributed by atoms with Crippen molar-refractivity contribution in [2.24, 2.45) is 0 Å². The van der Waals surface area contributed by atoms with Crippen molar-refractivity contribution < 1.29 is 0 Å². The van der Waals surface area contributed by atoms with Crippen LogP contribution >= 0.6 is 47.8 Å². The molecule has 10 heavy (non-hydrogen) atoms. The van der Waals surface area contributed by atoms with E-state index >= 15 is 0 Å². The number of benzene rings is 1. The molecule has 0 saturated heterocycles. The topological polar surface area (TPSA) is 0 Å². The van der Waals surface area contributed by atoms with Gasteiger partial charge in [0.25, 0.3) is 0 Å². The number of thiol groups is 2. The molecule has 0 aliphatic carbocycles. The van der Waals surface area contributed by atoms with Gasteiger partial charge in [-0.15, -0.1) is 0 Å². The van der Waals surface area contributed by atoms with Crippen LogP contribution in [0.2, 0.25) is 0 Å². The van der Waals surface area contributed by atoms with Crippen molar-refractivity contribution in [3.05, 3.63) is 33.4 Å². The molecule has 0 N–H and O–H groups in total. The first kappa shape index (κ1) is 8.74. The molecule has 1 aromatic rings. The average molecular weight is 282 g/mol. The van der Waals surface area contributed by atoms with Gasteiger partial charge in [0.1, 0.15) is 0 Å². The standard InChI is InChI=1S/C7H7IS2/c8-6-3-1-5(2-4-6)7(9)10/h1-4,7,9-10H. The first-order valence-electron chi connectivity index (χ1n) is 2.82. The first-order valence-corrected chi connectivity index (χ1v) is 4.93. The molecule has 0 aliphatic rings. The molecule has 0 unspecified atom stereocenters. The second kappa shape index (κ2) is 3.88. The summed E-state index contributed by atoms with van der Waals surface area (Å²) in [4.78, 5) is 0. The van der Waals surface area contributed by atoms with Gasteiger partial charge in [-0.1, -0.05) is 12.1 Å². The summed E-state index contributed by atoms with van der Waals surface area (Å²) in [6.07, 6.45) is 0. The third kappa shape index (κ3) is 2.36. The van der Waals surface area contributed by atoms with Crippen molar-refractivity contribution in [3.63, 3.8) is 0 Å². The Kier molecular flexibility index (Phi) is 3.39. The molecular formula is C7H7IS2. The third-order valence-corrected chi connectivity index (χ3v) is 2.48. The van der Waals surface area contributed by atoms with Crippen LogP contribution in [0.3, 0.4) is 0 Å². The molecule has 0 spiro atoms. The van der Waals surface area contributed by atoms with Crippen molar-refractivity contribution in [2.75, 3.05) is 0 Å². The average Bonchev–Trinajstić information content (AvgIpc) is 1.88. The SMILES string of the molecule is SC(S)c1ccc(I)cc1. The highest BCUT2D eigenvalue weighted by Gasteiger charge is 1.97. The molecule has 3 heteroatoms. The highest BCUT2D eigenvalue weighted by molar-refractivity contribution is 14.1. The van der Waals surface area contributed by atoms with E-state index in [1.807, 2.05) is 12.1 Å². The lowest BCUT2D eigenvalue weighted by Crippen LogP contribution is -1.80. The fourth-order valence-corrected chi connectivity index (χ4v) is 1.34. The van der Waals surface area contributed by atoms with Crippen LogP contribution in [0.15, 0.2) is 24.3 Å². The maximum atomic E-state index is 4.18. The van der Waals surface area contributed by atoms with Crippen molar-refractivity contribution in [2.45, 2.75) is 4.58 Å². The zero-order valence-electron chi connectivity index (χ0n) is 5.16. The van der Waals surface area contributed by atoms with Gasteiger partial charge in [0, 0.05) is 3.57 Å². The van der Waals surface area contributed by atoms with Crippen LogP contribution in [0.5, 0.6) is 0 Å². The van der Waals surface area contributed by atoms with E-state index in [9.17, 15) is 0 Å². The zero-order valence-corrected chi connectivity index (χ0v) is 9.11. The van der Waals surface area contributed by atoms with Crippen LogP contribution < -0.4 is 0 Å². The van der Waals surface area contributed by atoms with E-state index in [2.05, 4.69) is 60.0 Å². The van der Waals surface area contributed by atoms with Gasteiger partial charge in [0.15, 0.2) is 0 Å². The van der Waals surface area contributed by atoms with E-state index in [0.29, 0.717) is 0 Å². The minimum absolute atomic E-state index is 0.0389. The molecule has 0 radical (unpaired) electrons. The van der Waals surface area contributed by atoms with Gasteiger partial charge >= 0.3 is 0 Å². The van der Waals surface area contributed by atoms with Gasteiger partial charge < -0.3 is 0 Å². The summed E-state index contributed by atoms with van der Waals surface area (Å²) >= 11 is 10.6. The van der Waals surface area contributed by atoms with Gasteiger partial charge in [-0.25, -0.2) is 0 Å². The molecule has 0 saturated carbocycles. The Morgan fingerprint density at radius 2 is 1.60 bits per heavy atom. The molecule has 54 valence electrons. The lowest BCUT2D eigenvalue weighted by atomic mass is 10.2. The molecule has 0 bridgehead atoms. The molecule has 0 fully saturated rings. The third-order valence-electron chi connectivity index (χ3n) is 1.17. The van der Waals surface area contributed by atoms with Gasteiger partial charge in [0.2, 0.25) is 0 Å². The fourth-order valence-electron chi connectivity index (χ4n) is 0.635. The lowest BCUT2D eigenvalue weighted by Gasteiger charge is -2.01. The Labute approximate surface area is 85.4 Å². The Morgan fingerprint density at radius 3 is 2.00 bits per heavy atom. The Hall–Kier alpha value is 0.650. The molecule has 1 aromatic carbocycles. The van der Waals surface area contributed by atoms with Gasteiger partial charge in [0.05, 0.1) is 4.58 Å². The van der Waals surface area contributed by atoms with Gasteiger partial charge in [-0.3, -0.25) is 0 Å². The van der Waals surface area contributed by atoms with Gasteiger partial charge in [-0.05, 0) is 40.3 Å². The summed E-state index contributed by atoms with van der Waals surface area (Å²) in [6.45, 7) is 0. The Bertz CT molecular complexity index is 205. The first-order chi connectivity index (χ1) is 4.70. The van der Waals surface area contributed by atoms with Crippen LogP contribution in [-0.4, -0.2) is 0 Å². The molecule has 0 amide bonds. The van der Waals surface area contributed by atoms with Crippen molar-refractivity contribution in [3.8, 4) is 0 Å². The Morgan fingerprint density at radius 1 is 1.10 bits per heavy atom. The lowest BCUT2D eigenvalue weighted by molar-refractivity contribution is 1.39. The van der Waals surface area contributed by atoms with Crippen LogP contribution in [0.4, 0.5) is 0 Å². The molecule has 0 aromatic heterocycles. The van der Waals surface area contributed by atoms with Gasteiger partial charge in [-0.2, -0.15) is 25.3 Å². The summed E-state index contributed by atoms with van der Waals surface area (Å²) in [5, 5.41) is 0. The number of hydrogen-bond acceptors (Lipinski definition) is 2. The second-order valence-electron chi connectivity index (χ2n) is 1.93.